The van der Waals surface area contributed by atoms with Crippen LogP contribution >= 0.6 is 0 Å². The lowest BCUT2D eigenvalue weighted by molar-refractivity contribution is -0.144. The van der Waals surface area contributed by atoms with Gasteiger partial charge in [0.2, 0.25) is 0 Å². The van der Waals surface area contributed by atoms with E-state index in [1.165, 1.54) is 19.2 Å². The standard InChI is InChI=1S/C17H14O5/c1-21-17(20)15-13-8-10(9-18)2-7-14(13)22-16(15)11-3-5-12(19)6-4-11/h2-9,15-16,19H,1H3/t15-,16+/m1/s1. The van der Waals surface area contributed by atoms with Gasteiger partial charge in [0.15, 0.2) is 0 Å². The van der Waals surface area contributed by atoms with Crippen molar-refractivity contribution in [3.05, 3.63) is 59.2 Å². The number of carbonyl (C=O) groups excluding carboxylic acids is 2. The van der Waals surface area contributed by atoms with Crippen LogP contribution < -0.4 is 4.74 Å². The van der Waals surface area contributed by atoms with E-state index < -0.39 is 18.0 Å². The van der Waals surface area contributed by atoms with Crippen molar-refractivity contribution in [2.24, 2.45) is 0 Å². The third-order valence-corrected chi connectivity index (χ3v) is 3.74. The summed E-state index contributed by atoms with van der Waals surface area (Å²) in [6, 6.07) is 11.4. The largest absolute Gasteiger partial charge is 0.508 e. The van der Waals surface area contributed by atoms with E-state index in [1.54, 1.807) is 30.3 Å². The molecule has 0 fully saturated rings. The van der Waals surface area contributed by atoms with Crippen molar-refractivity contribution in [2.45, 2.75) is 12.0 Å². The van der Waals surface area contributed by atoms with Gasteiger partial charge in [-0.1, -0.05) is 12.1 Å². The molecule has 1 N–H and O–H groups in total. The highest BCUT2D eigenvalue weighted by Gasteiger charge is 2.41. The molecule has 2 aromatic carbocycles. The summed E-state index contributed by atoms with van der Waals surface area (Å²) in [5.41, 5.74) is 1.86. The van der Waals surface area contributed by atoms with Crippen LogP contribution in [0.4, 0.5) is 0 Å². The van der Waals surface area contributed by atoms with Crippen LogP contribution in [-0.4, -0.2) is 24.5 Å². The predicted octanol–water partition coefficient (Wildman–Crippen LogP) is 2.60. The van der Waals surface area contributed by atoms with Crippen LogP contribution in [0.1, 0.15) is 33.5 Å². The molecule has 0 spiro atoms. The Balaban J connectivity index is 2.06. The zero-order valence-electron chi connectivity index (χ0n) is 11.9. The quantitative estimate of drug-likeness (QED) is 0.696. The topological polar surface area (TPSA) is 72.8 Å². The Hall–Kier alpha value is -2.82. The molecule has 1 aliphatic rings. The molecule has 112 valence electrons. The average molecular weight is 298 g/mol. The summed E-state index contributed by atoms with van der Waals surface area (Å²) in [5, 5.41) is 9.39. The Morgan fingerprint density at radius 3 is 2.59 bits per heavy atom. The van der Waals surface area contributed by atoms with Gasteiger partial charge in [0.25, 0.3) is 0 Å². The fourth-order valence-electron chi connectivity index (χ4n) is 2.66. The summed E-state index contributed by atoms with van der Waals surface area (Å²) < 4.78 is 10.8. The molecule has 22 heavy (non-hydrogen) atoms. The molecule has 2 atom stereocenters. The molecular formula is C17H14O5. The van der Waals surface area contributed by atoms with E-state index in [2.05, 4.69) is 0 Å². The van der Waals surface area contributed by atoms with Crippen molar-refractivity contribution in [1.82, 2.24) is 0 Å². The van der Waals surface area contributed by atoms with Gasteiger partial charge < -0.3 is 14.6 Å². The van der Waals surface area contributed by atoms with Crippen molar-refractivity contribution in [3.8, 4) is 11.5 Å². The molecule has 0 radical (unpaired) electrons. The number of hydrogen-bond acceptors (Lipinski definition) is 5. The normalized spacial score (nSPS) is 19.1. The molecular weight excluding hydrogens is 284 g/mol. The number of benzene rings is 2. The maximum atomic E-state index is 12.2. The van der Waals surface area contributed by atoms with E-state index in [-0.39, 0.29) is 5.75 Å². The van der Waals surface area contributed by atoms with Crippen molar-refractivity contribution in [3.63, 3.8) is 0 Å². The third kappa shape index (κ3) is 2.30. The predicted molar refractivity (Wildman–Crippen MR) is 78.1 cm³/mol. The Morgan fingerprint density at radius 2 is 1.95 bits per heavy atom. The van der Waals surface area contributed by atoms with Gasteiger partial charge in [0.05, 0.1) is 7.11 Å². The molecule has 1 aliphatic heterocycles. The molecule has 5 heteroatoms. The zero-order chi connectivity index (χ0) is 15.7. The SMILES string of the molecule is COC(=O)[C@@H]1c2cc(C=O)ccc2O[C@H]1c1ccc(O)cc1. The monoisotopic (exact) mass is 298 g/mol. The molecule has 3 rings (SSSR count). The number of rotatable bonds is 3. The van der Waals surface area contributed by atoms with Crippen LogP contribution in [0.2, 0.25) is 0 Å². The third-order valence-electron chi connectivity index (χ3n) is 3.74. The van der Waals surface area contributed by atoms with Crippen molar-refractivity contribution < 1.29 is 24.2 Å². The van der Waals surface area contributed by atoms with E-state index in [0.29, 0.717) is 16.9 Å². The smallest absolute Gasteiger partial charge is 0.317 e. The maximum Gasteiger partial charge on any atom is 0.317 e. The number of ether oxygens (including phenoxy) is 2. The van der Waals surface area contributed by atoms with Crippen LogP contribution in [-0.2, 0) is 9.53 Å². The second-order valence-electron chi connectivity index (χ2n) is 5.05. The Labute approximate surface area is 127 Å². The molecule has 0 aliphatic carbocycles. The molecule has 2 aromatic rings. The summed E-state index contributed by atoms with van der Waals surface area (Å²) in [6.45, 7) is 0. The van der Waals surface area contributed by atoms with Gasteiger partial charge in [-0.05, 0) is 35.9 Å². The maximum absolute atomic E-state index is 12.2. The van der Waals surface area contributed by atoms with E-state index in [1.807, 2.05) is 0 Å². The number of methoxy groups -OCH3 is 1. The Kier molecular flexibility index (Phi) is 3.55. The lowest BCUT2D eigenvalue weighted by Crippen LogP contribution is -2.20. The van der Waals surface area contributed by atoms with Crippen LogP contribution in [0.3, 0.4) is 0 Å². The molecule has 0 saturated heterocycles. The van der Waals surface area contributed by atoms with Crippen LogP contribution in [0.25, 0.3) is 0 Å². The number of phenolic OH excluding ortho intramolecular Hbond substituents is 1. The number of fused-ring (bicyclic) bond motifs is 1. The number of carbonyl (C=O) groups is 2. The van der Waals surface area contributed by atoms with Crippen LogP contribution in [0.15, 0.2) is 42.5 Å². The highest BCUT2D eigenvalue weighted by atomic mass is 16.5. The molecule has 0 unspecified atom stereocenters. The molecule has 0 amide bonds. The number of aldehydes is 1. The summed E-state index contributed by atoms with van der Waals surface area (Å²) in [4.78, 5) is 23.1. The molecule has 0 bridgehead atoms. The lowest BCUT2D eigenvalue weighted by atomic mass is 9.90. The molecule has 0 saturated carbocycles. The van der Waals surface area contributed by atoms with Crippen LogP contribution in [0.5, 0.6) is 11.5 Å². The summed E-state index contributed by atoms with van der Waals surface area (Å²) in [5.74, 6) is -0.388. The lowest BCUT2D eigenvalue weighted by Gasteiger charge is -2.17. The second kappa shape index (κ2) is 5.52. The number of hydrogen-bond donors (Lipinski definition) is 1. The van der Waals surface area contributed by atoms with Crippen molar-refractivity contribution in [1.29, 1.82) is 0 Å². The fourth-order valence-corrected chi connectivity index (χ4v) is 2.66. The van der Waals surface area contributed by atoms with Gasteiger partial charge in [-0.3, -0.25) is 9.59 Å². The molecule has 1 heterocycles. The number of aromatic hydroxyl groups is 1. The van der Waals surface area contributed by atoms with Gasteiger partial charge in [0, 0.05) is 11.1 Å². The first-order chi connectivity index (χ1) is 10.6. The number of esters is 1. The van der Waals surface area contributed by atoms with E-state index in [4.69, 9.17) is 9.47 Å². The molecule has 5 nitrogen and oxygen atoms in total. The first kappa shape index (κ1) is 14.1. The zero-order valence-corrected chi connectivity index (χ0v) is 11.9. The minimum Gasteiger partial charge on any atom is -0.508 e. The second-order valence-corrected chi connectivity index (χ2v) is 5.05. The summed E-state index contributed by atoms with van der Waals surface area (Å²) >= 11 is 0. The summed E-state index contributed by atoms with van der Waals surface area (Å²) in [7, 11) is 1.32. The van der Waals surface area contributed by atoms with Crippen molar-refractivity contribution in [2.75, 3.05) is 7.11 Å². The highest BCUT2D eigenvalue weighted by Crippen LogP contribution is 2.47. The minimum atomic E-state index is -0.649. The highest BCUT2D eigenvalue weighted by molar-refractivity contribution is 5.83. The van der Waals surface area contributed by atoms with Gasteiger partial charge in [0.1, 0.15) is 29.8 Å². The van der Waals surface area contributed by atoms with E-state index in [0.717, 1.165) is 11.8 Å². The fraction of sp³-hybridized carbons (Fsp3) is 0.176. The van der Waals surface area contributed by atoms with Gasteiger partial charge in [-0.25, -0.2) is 0 Å². The average Bonchev–Trinajstić information content (AvgIpc) is 2.93. The minimum absolute atomic E-state index is 0.136. The van der Waals surface area contributed by atoms with E-state index >= 15 is 0 Å². The van der Waals surface area contributed by atoms with E-state index in [9.17, 15) is 14.7 Å². The van der Waals surface area contributed by atoms with Gasteiger partial charge in [-0.2, -0.15) is 0 Å². The van der Waals surface area contributed by atoms with Crippen molar-refractivity contribution >= 4 is 12.3 Å². The Morgan fingerprint density at radius 1 is 1.23 bits per heavy atom. The van der Waals surface area contributed by atoms with Gasteiger partial charge >= 0.3 is 5.97 Å². The Bertz CT molecular complexity index is 720. The van der Waals surface area contributed by atoms with Gasteiger partial charge in [-0.15, -0.1) is 0 Å². The first-order valence-electron chi connectivity index (χ1n) is 6.76. The van der Waals surface area contributed by atoms with Crippen LogP contribution in [0, 0.1) is 0 Å². The first-order valence-corrected chi connectivity index (χ1v) is 6.76. The summed E-state index contributed by atoms with van der Waals surface area (Å²) in [6.07, 6.45) is 0.174. The number of phenols is 1. The molecule has 0 aromatic heterocycles.